The van der Waals surface area contributed by atoms with Gasteiger partial charge < -0.3 is 20.7 Å². The second-order valence-corrected chi connectivity index (χ2v) is 4.30. The minimum Gasteiger partial charge on any atom is -0.382 e. The first-order chi connectivity index (χ1) is 8.78. The molecule has 3 N–H and O–H groups in total. The Morgan fingerprint density at radius 2 is 2.06 bits per heavy atom. The number of amides is 2. The Balaban J connectivity index is 1.81. The molecule has 0 aliphatic carbocycles. The van der Waals surface area contributed by atoms with Crippen LogP contribution < -0.4 is 16.0 Å². The molecule has 1 unspecified atom stereocenters. The summed E-state index contributed by atoms with van der Waals surface area (Å²) in [5, 5.41) is 8.55. The molecule has 1 fully saturated rings. The second kappa shape index (κ2) is 6.26. The van der Waals surface area contributed by atoms with Crippen molar-refractivity contribution < 1.29 is 9.53 Å². The fraction of sp³-hybridized carbons (Fsp3) is 0.462. The van der Waals surface area contributed by atoms with E-state index < -0.39 is 0 Å². The number of rotatable bonds is 4. The van der Waals surface area contributed by atoms with Crippen molar-refractivity contribution in [2.45, 2.75) is 18.9 Å². The molecule has 1 saturated heterocycles. The number of nitrogens with one attached hydrogen (secondary N) is 3. The highest BCUT2D eigenvalue weighted by molar-refractivity contribution is 5.89. The van der Waals surface area contributed by atoms with E-state index in [1.165, 1.54) is 0 Å². The molecule has 1 atom stereocenters. The van der Waals surface area contributed by atoms with E-state index in [1.807, 2.05) is 24.3 Å². The molecule has 1 aromatic rings. The summed E-state index contributed by atoms with van der Waals surface area (Å²) in [5.74, 6) is 0. The molecule has 1 aliphatic heterocycles. The van der Waals surface area contributed by atoms with Crippen molar-refractivity contribution in [1.82, 2.24) is 5.32 Å². The van der Waals surface area contributed by atoms with Gasteiger partial charge in [-0.3, -0.25) is 0 Å². The Labute approximate surface area is 107 Å². The SMILES string of the molecule is CNC(=O)Nc1ccc(NCC2CCCO2)cc1. The van der Waals surface area contributed by atoms with Crippen LogP contribution in [0.25, 0.3) is 0 Å². The molecule has 1 aliphatic rings. The maximum Gasteiger partial charge on any atom is 0.318 e. The first-order valence-corrected chi connectivity index (χ1v) is 6.22. The summed E-state index contributed by atoms with van der Waals surface area (Å²) >= 11 is 0. The van der Waals surface area contributed by atoms with Gasteiger partial charge in [-0.15, -0.1) is 0 Å². The van der Waals surface area contributed by atoms with Crippen LogP contribution in [0.2, 0.25) is 0 Å². The molecule has 0 saturated carbocycles. The quantitative estimate of drug-likeness (QED) is 0.765. The summed E-state index contributed by atoms with van der Waals surface area (Å²) in [6, 6.07) is 7.41. The van der Waals surface area contributed by atoms with Crippen molar-refractivity contribution >= 4 is 17.4 Å². The predicted octanol–water partition coefficient (Wildman–Crippen LogP) is 2.03. The molecule has 98 valence electrons. The summed E-state index contributed by atoms with van der Waals surface area (Å²) in [6.45, 7) is 1.71. The summed E-state index contributed by atoms with van der Waals surface area (Å²) < 4.78 is 5.54. The predicted molar refractivity (Wildman–Crippen MR) is 72.0 cm³/mol. The monoisotopic (exact) mass is 249 g/mol. The first-order valence-electron chi connectivity index (χ1n) is 6.22. The molecule has 5 heteroatoms. The lowest BCUT2D eigenvalue weighted by Gasteiger charge is -2.12. The average molecular weight is 249 g/mol. The fourth-order valence-corrected chi connectivity index (χ4v) is 1.90. The molecule has 18 heavy (non-hydrogen) atoms. The van der Waals surface area contributed by atoms with Crippen molar-refractivity contribution in [1.29, 1.82) is 0 Å². The van der Waals surface area contributed by atoms with Gasteiger partial charge >= 0.3 is 6.03 Å². The number of ether oxygens (including phenoxy) is 1. The van der Waals surface area contributed by atoms with Crippen LogP contribution in [-0.2, 0) is 4.74 Å². The Bertz CT molecular complexity index is 386. The van der Waals surface area contributed by atoms with Gasteiger partial charge in [0, 0.05) is 31.6 Å². The summed E-state index contributed by atoms with van der Waals surface area (Å²) in [7, 11) is 1.59. The van der Waals surface area contributed by atoms with Crippen molar-refractivity contribution in [3.8, 4) is 0 Å². The van der Waals surface area contributed by atoms with Crippen LogP contribution in [0.3, 0.4) is 0 Å². The van der Waals surface area contributed by atoms with Crippen LogP contribution in [0, 0.1) is 0 Å². The number of carbonyl (C=O) groups excluding carboxylic acids is 1. The molecular weight excluding hydrogens is 230 g/mol. The van der Waals surface area contributed by atoms with Crippen molar-refractivity contribution in [3.63, 3.8) is 0 Å². The lowest BCUT2D eigenvalue weighted by Crippen LogP contribution is -2.24. The summed E-state index contributed by atoms with van der Waals surface area (Å²) in [4.78, 5) is 11.1. The highest BCUT2D eigenvalue weighted by Crippen LogP contribution is 2.16. The van der Waals surface area contributed by atoms with E-state index in [2.05, 4.69) is 16.0 Å². The molecule has 5 nitrogen and oxygen atoms in total. The molecular formula is C13H19N3O2. The molecule has 1 heterocycles. The molecule has 2 rings (SSSR count). The maximum absolute atomic E-state index is 11.1. The first kappa shape index (κ1) is 12.7. The number of carbonyl (C=O) groups is 1. The topological polar surface area (TPSA) is 62.4 Å². The zero-order valence-corrected chi connectivity index (χ0v) is 10.5. The Kier molecular flexibility index (Phi) is 4.41. The molecule has 0 radical (unpaired) electrons. The van der Waals surface area contributed by atoms with Crippen LogP contribution in [-0.4, -0.2) is 32.3 Å². The second-order valence-electron chi connectivity index (χ2n) is 4.30. The maximum atomic E-state index is 11.1. The lowest BCUT2D eigenvalue weighted by molar-refractivity contribution is 0.120. The van der Waals surface area contributed by atoms with Crippen molar-refractivity contribution in [2.75, 3.05) is 30.8 Å². The third kappa shape index (κ3) is 3.63. The Morgan fingerprint density at radius 1 is 1.33 bits per heavy atom. The largest absolute Gasteiger partial charge is 0.382 e. The smallest absolute Gasteiger partial charge is 0.318 e. The number of urea groups is 1. The Morgan fingerprint density at radius 3 is 2.67 bits per heavy atom. The molecule has 0 spiro atoms. The van der Waals surface area contributed by atoms with Crippen molar-refractivity contribution in [2.24, 2.45) is 0 Å². The van der Waals surface area contributed by atoms with Gasteiger partial charge in [0.2, 0.25) is 0 Å². The van der Waals surface area contributed by atoms with Gasteiger partial charge in [-0.1, -0.05) is 0 Å². The van der Waals surface area contributed by atoms with Gasteiger partial charge in [-0.05, 0) is 37.1 Å². The van der Waals surface area contributed by atoms with Crippen LogP contribution in [0.5, 0.6) is 0 Å². The van der Waals surface area contributed by atoms with Gasteiger partial charge in [0.15, 0.2) is 0 Å². The Hall–Kier alpha value is -1.75. The number of hydrogen-bond acceptors (Lipinski definition) is 3. The van der Waals surface area contributed by atoms with Crippen LogP contribution in [0.1, 0.15) is 12.8 Å². The van der Waals surface area contributed by atoms with Gasteiger partial charge in [0.25, 0.3) is 0 Å². The number of hydrogen-bond donors (Lipinski definition) is 3. The van der Waals surface area contributed by atoms with Gasteiger partial charge in [-0.2, -0.15) is 0 Å². The minimum absolute atomic E-state index is 0.213. The molecule has 0 aromatic heterocycles. The minimum atomic E-state index is -0.213. The van der Waals surface area contributed by atoms with E-state index in [4.69, 9.17) is 4.74 Å². The molecule has 1 aromatic carbocycles. The average Bonchev–Trinajstić information content (AvgIpc) is 2.91. The van der Waals surface area contributed by atoms with Gasteiger partial charge in [0.05, 0.1) is 6.10 Å². The molecule has 2 amide bonds. The highest BCUT2D eigenvalue weighted by Gasteiger charge is 2.14. The third-order valence-electron chi connectivity index (χ3n) is 2.93. The van der Waals surface area contributed by atoms with Gasteiger partial charge in [0.1, 0.15) is 0 Å². The number of benzene rings is 1. The van der Waals surface area contributed by atoms with Crippen LogP contribution in [0.15, 0.2) is 24.3 Å². The van der Waals surface area contributed by atoms with E-state index in [0.717, 1.165) is 37.4 Å². The van der Waals surface area contributed by atoms with E-state index in [9.17, 15) is 4.79 Å². The van der Waals surface area contributed by atoms with E-state index in [0.29, 0.717) is 6.10 Å². The standard InChI is InChI=1S/C13H19N3O2/c1-14-13(17)16-11-6-4-10(5-7-11)15-9-12-3-2-8-18-12/h4-7,12,15H,2-3,8-9H2,1H3,(H2,14,16,17). The summed E-state index contributed by atoms with van der Waals surface area (Å²) in [5.41, 5.74) is 1.81. The van der Waals surface area contributed by atoms with Crippen LogP contribution >= 0.6 is 0 Å². The van der Waals surface area contributed by atoms with Crippen molar-refractivity contribution in [3.05, 3.63) is 24.3 Å². The highest BCUT2D eigenvalue weighted by atomic mass is 16.5. The summed E-state index contributed by atoms with van der Waals surface area (Å²) in [6.07, 6.45) is 2.61. The lowest BCUT2D eigenvalue weighted by atomic mass is 10.2. The zero-order chi connectivity index (χ0) is 12.8. The van der Waals surface area contributed by atoms with E-state index >= 15 is 0 Å². The number of anilines is 2. The van der Waals surface area contributed by atoms with Gasteiger partial charge in [-0.25, -0.2) is 4.79 Å². The van der Waals surface area contributed by atoms with E-state index in [1.54, 1.807) is 7.05 Å². The zero-order valence-electron chi connectivity index (χ0n) is 10.5. The normalized spacial score (nSPS) is 18.4. The third-order valence-corrected chi connectivity index (χ3v) is 2.93. The molecule has 0 bridgehead atoms. The van der Waals surface area contributed by atoms with Crippen LogP contribution in [0.4, 0.5) is 16.2 Å². The fourth-order valence-electron chi connectivity index (χ4n) is 1.90. The van der Waals surface area contributed by atoms with E-state index in [-0.39, 0.29) is 6.03 Å².